The Bertz CT molecular complexity index is 685. The number of nitriles is 1. The van der Waals surface area contributed by atoms with Crippen molar-refractivity contribution >= 4 is 5.69 Å². The Kier molecular flexibility index (Phi) is 3.11. The molecule has 0 aliphatic heterocycles. The number of nitrogens with two attached hydrogens (primary N) is 1. The van der Waals surface area contributed by atoms with E-state index in [1.54, 1.807) is 0 Å². The SMILES string of the molecule is N#Cc1ccc(Cn2cc(N)ccc2=O)c(F)c1. The summed E-state index contributed by atoms with van der Waals surface area (Å²) in [5.74, 6) is -0.511. The summed E-state index contributed by atoms with van der Waals surface area (Å²) in [6, 6.07) is 8.82. The Morgan fingerprint density at radius 1 is 1.33 bits per heavy atom. The number of anilines is 1. The number of benzene rings is 1. The molecule has 0 atom stereocenters. The smallest absolute Gasteiger partial charge is 0.250 e. The number of nitrogens with zero attached hydrogens (tertiary/aromatic N) is 2. The van der Waals surface area contributed by atoms with Crippen LogP contribution in [0.5, 0.6) is 0 Å². The first-order valence-electron chi connectivity index (χ1n) is 5.24. The van der Waals surface area contributed by atoms with Gasteiger partial charge < -0.3 is 10.3 Å². The first kappa shape index (κ1) is 11.9. The predicted octanol–water partition coefficient (Wildman–Crippen LogP) is 1.49. The fourth-order valence-electron chi connectivity index (χ4n) is 1.60. The van der Waals surface area contributed by atoms with Gasteiger partial charge in [0.25, 0.3) is 5.56 Å². The molecule has 0 unspecified atom stereocenters. The molecule has 4 nitrogen and oxygen atoms in total. The topological polar surface area (TPSA) is 71.8 Å². The lowest BCUT2D eigenvalue weighted by Gasteiger charge is -2.07. The van der Waals surface area contributed by atoms with Crippen LogP contribution in [-0.2, 0) is 6.54 Å². The van der Waals surface area contributed by atoms with Crippen molar-refractivity contribution in [2.45, 2.75) is 6.54 Å². The minimum absolute atomic E-state index is 0.0847. The van der Waals surface area contributed by atoms with Crippen LogP contribution < -0.4 is 11.3 Å². The van der Waals surface area contributed by atoms with Gasteiger partial charge in [0.15, 0.2) is 0 Å². The van der Waals surface area contributed by atoms with E-state index in [1.807, 2.05) is 6.07 Å². The highest BCUT2D eigenvalue weighted by atomic mass is 19.1. The van der Waals surface area contributed by atoms with Gasteiger partial charge in [-0.2, -0.15) is 5.26 Å². The zero-order valence-corrected chi connectivity index (χ0v) is 9.43. The van der Waals surface area contributed by atoms with Gasteiger partial charge in [0.05, 0.1) is 18.2 Å². The molecule has 2 aromatic rings. The lowest BCUT2D eigenvalue weighted by Crippen LogP contribution is -2.20. The lowest BCUT2D eigenvalue weighted by atomic mass is 10.1. The maximum absolute atomic E-state index is 13.7. The summed E-state index contributed by atoms with van der Waals surface area (Å²) in [5.41, 5.74) is 6.33. The zero-order chi connectivity index (χ0) is 13.1. The number of pyridine rings is 1. The first-order chi connectivity index (χ1) is 8.60. The standard InChI is InChI=1S/C13H10FN3O/c14-12-5-9(6-15)1-2-10(12)7-17-8-11(16)3-4-13(17)18/h1-5,8H,7,16H2. The first-order valence-corrected chi connectivity index (χ1v) is 5.24. The average Bonchev–Trinajstić information content (AvgIpc) is 2.36. The van der Waals surface area contributed by atoms with Crippen LogP contribution in [0.3, 0.4) is 0 Å². The van der Waals surface area contributed by atoms with Crippen molar-refractivity contribution in [2.24, 2.45) is 0 Å². The molecule has 2 N–H and O–H groups in total. The van der Waals surface area contributed by atoms with E-state index in [-0.39, 0.29) is 17.7 Å². The summed E-state index contributed by atoms with van der Waals surface area (Å²) >= 11 is 0. The van der Waals surface area contributed by atoms with Crippen molar-refractivity contribution in [3.63, 3.8) is 0 Å². The van der Waals surface area contributed by atoms with Gasteiger partial charge in [0.1, 0.15) is 5.82 Å². The highest BCUT2D eigenvalue weighted by molar-refractivity contribution is 5.35. The van der Waals surface area contributed by atoms with Crippen LogP contribution in [0.2, 0.25) is 0 Å². The quantitative estimate of drug-likeness (QED) is 0.868. The molecule has 0 fully saturated rings. The van der Waals surface area contributed by atoms with E-state index in [2.05, 4.69) is 0 Å². The van der Waals surface area contributed by atoms with Gasteiger partial charge in [-0.15, -0.1) is 0 Å². The molecule has 0 aliphatic carbocycles. The van der Waals surface area contributed by atoms with E-state index < -0.39 is 5.82 Å². The van der Waals surface area contributed by atoms with Crippen LogP contribution in [0.25, 0.3) is 0 Å². The Morgan fingerprint density at radius 3 is 2.78 bits per heavy atom. The molecule has 0 saturated carbocycles. The summed E-state index contributed by atoms with van der Waals surface area (Å²) in [7, 11) is 0. The Balaban J connectivity index is 2.38. The number of hydrogen-bond acceptors (Lipinski definition) is 3. The van der Waals surface area contributed by atoms with Crippen LogP contribution in [0.15, 0.2) is 41.3 Å². The average molecular weight is 243 g/mol. The molecule has 1 heterocycles. The van der Waals surface area contributed by atoms with Gasteiger partial charge in [-0.05, 0) is 18.2 Å². The molecule has 0 radical (unpaired) electrons. The molecule has 18 heavy (non-hydrogen) atoms. The molecule has 0 aliphatic rings. The van der Waals surface area contributed by atoms with Gasteiger partial charge in [-0.1, -0.05) is 6.07 Å². The third-order valence-electron chi connectivity index (χ3n) is 2.53. The molecular formula is C13H10FN3O. The van der Waals surface area contributed by atoms with Gasteiger partial charge in [0, 0.05) is 23.5 Å². The number of halogens is 1. The number of rotatable bonds is 2. The fraction of sp³-hybridized carbons (Fsp3) is 0.0769. The summed E-state index contributed by atoms with van der Waals surface area (Å²) in [5, 5.41) is 8.63. The molecule has 2 rings (SSSR count). The van der Waals surface area contributed by atoms with Gasteiger partial charge >= 0.3 is 0 Å². The van der Waals surface area contributed by atoms with Crippen molar-refractivity contribution in [3.05, 3.63) is 63.8 Å². The summed E-state index contributed by atoms with van der Waals surface area (Å²) in [4.78, 5) is 11.5. The molecule has 90 valence electrons. The van der Waals surface area contributed by atoms with Crippen LogP contribution in [0, 0.1) is 17.1 Å². The normalized spacial score (nSPS) is 10.0. The Morgan fingerprint density at radius 2 is 2.11 bits per heavy atom. The van der Waals surface area contributed by atoms with E-state index >= 15 is 0 Å². The zero-order valence-electron chi connectivity index (χ0n) is 9.43. The molecular weight excluding hydrogens is 233 g/mol. The molecule has 1 aromatic carbocycles. The Hall–Kier alpha value is -2.61. The van der Waals surface area contributed by atoms with E-state index in [1.165, 1.54) is 35.0 Å². The molecule has 5 heteroatoms. The third-order valence-corrected chi connectivity index (χ3v) is 2.53. The molecule has 0 amide bonds. The van der Waals surface area contributed by atoms with E-state index in [4.69, 9.17) is 11.0 Å². The van der Waals surface area contributed by atoms with Gasteiger partial charge in [-0.25, -0.2) is 4.39 Å². The highest BCUT2D eigenvalue weighted by Crippen LogP contribution is 2.11. The summed E-state index contributed by atoms with van der Waals surface area (Å²) < 4.78 is 15.0. The second-order valence-corrected chi connectivity index (χ2v) is 3.85. The predicted molar refractivity (Wildman–Crippen MR) is 65.3 cm³/mol. The van der Waals surface area contributed by atoms with Crippen molar-refractivity contribution in [1.82, 2.24) is 4.57 Å². The van der Waals surface area contributed by atoms with Crippen molar-refractivity contribution in [2.75, 3.05) is 5.73 Å². The Labute approximate surface area is 103 Å². The molecule has 0 bridgehead atoms. The van der Waals surface area contributed by atoms with Crippen molar-refractivity contribution < 1.29 is 4.39 Å². The van der Waals surface area contributed by atoms with Crippen LogP contribution in [0.1, 0.15) is 11.1 Å². The van der Waals surface area contributed by atoms with Gasteiger partial charge in [0.2, 0.25) is 0 Å². The lowest BCUT2D eigenvalue weighted by molar-refractivity contribution is 0.596. The van der Waals surface area contributed by atoms with Crippen molar-refractivity contribution in [1.29, 1.82) is 5.26 Å². The maximum Gasteiger partial charge on any atom is 0.250 e. The minimum Gasteiger partial charge on any atom is -0.398 e. The number of aromatic nitrogens is 1. The van der Waals surface area contributed by atoms with Crippen molar-refractivity contribution in [3.8, 4) is 6.07 Å². The summed E-state index contributed by atoms with van der Waals surface area (Å²) in [6.45, 7) is 0.0847. The number of nitrogen functional groups attached to an aromatic ring is 1. The fourth-order valence-corrected chi connectivity index (χ4v) is 1.60. The third kappa shape index (κ3) is 2.38. The maximum atomic E-state index is 13.7. The second-order valence-electron chi connectivity index (χ2n) is 3.85. The van der Waals surface area contributed by atoms with Crippen LogP contribution >= 0.6 is 0 Å². The van der Waals surface area contributed by atoms with E-state index in [9.17, 15) is 9.18 Å². The monoisotopic (exact) mass is 243 g/mol. The van der Waals surface area contributed by atoms with Gasteiger partial charge in [-0.3, -0.25) is 4.79 Å². The molecule has 1 aromatic heterocycles. The molecule has 0 saturated heterocycles. The van der Waals surface area contributed by atoms with E-state index in [0.717, 1.165) is 6.07 Å². The minimum atomic E-state index is -0.511. The largest absolute Gasteiger partial charge is 0.398 e. The highest BCUT2D eigenvalue weighted by Gasteiger charge is 2.05. The van der Waals surface area contributed by atoms with Crippen LogP contribution in [0.4, 0.5) is 10.1 Å². The number of hydrogen-bond donors (Lipinski definition) is 1. The van der Waals surface area contributed by atoms with Crippen LogP contribution in [-0.4, -0.2) is 4.57 Å². The molecule has 0 spiro atoms. The summed E-state index contributed by atoms with van der Waals surface area (Å²) in [6.07, 6.45) is 1.46. The second kappa shape index (κ2) is 4.72. The van der Waals surface area contributed by atoms with E-state index in [0.29, 0.717) is 11.3 Å².